The molecule has 0 saturated heterocycles. The number of fused-ring (bicyclic) bond motifs is 12. The summed E-state index contributed by atoms with van der Waals surface area (Å²) in [5.41, 5.74) is 13.6. The molecule has 4 aromatic carbocycles. The van der Waals surface area contributed by atoms with Gasteiger partial charge in [0, 0.05) is 56.8 Å². The molecule has 7 nitrogen and oxygen atoms in total. The Bertz CT molecular complexity index is 3180. The van der Waals surface area contributed by atoms with Crippen molar-refractivity contribution in [2.45, 2.75) is 54.1 Å². The van der Waals surface area contributed by atoms with Crippen LogP contribution in [-0.2, 0) is 25.8 Å². The summed E-state index contributed by atoms with van der Waals surface area (Å²) in [6.07, 6.45) is 5.22. The van der Waals surface area contributed by atoms with E-state index in [0.29, 0.717) is 6.61 Å². The number of aryl methyl sites for hydroxylation is 5. The van der Waals surface area contributed by atoms with Crippen LogP contribution in [0.3, 0.4) is 0 Å². The Morgan fingerprint density at radius 3 is 2.00 bits per heavy atom. The van der Waals surface area contributed by atoms with E-state index in [9.17, 15) is 0 Å². The Morgan fingerprint density at radius 1 is 0.644 bits per heavy atom. The average Bonchev–Trinajstić information content (AvgIpc) is 3.88. The van der Waals surface area contributed by atoms with Gasteiger partial charge in [-0.1, -0.05) is 54.4 Å². The van der Waals surface area contributed by atoms with Crippen molar-refractivity contribution in [3.05, 3.63) is 156 Å². The molecule has 0 spiro atoms. The molecule has 0 fully saturated rings. The van der Waals surface area contributed by atoms with Crippen LogP contribution in [0.5, 0.6) is 5.75 Å². The van der Waals surface area contributed by atoms with Gasteiger partial charge in [-0.25, -0.2) is 0 Å². The molecule has 1 atom stereocenters. The first-order chi connectivity index (χ1) is 28.2. The molecule has 0 aliphatic carbocycles. The minimum absolute atomic E-state index is 0. The van der Waals surface area contributed by atoms with Gasteiger partial charge in [0.25, 0.3) is 0 Å². The molecule has 10 rings (SSSR count). The second-order valence-electron chi connectivity index (χ2n) is 15.1. The predicted octanol–water partition coefficient (Wildman–Crippen LogP) is 11.8. The first kappa shape index (κ1) is 39.9. The van der Waals surface area contributed by atoms with E-state index in [2.05, 4.69) is 120 Å². The van der Waals surface area contributed by atoms with Gasteiger partial charge in [0.15, 0.2) is 0 Å². The molecule has 0 amide bonds. The number of hydrogen-bond donors (Lipinski definition) is 0. The number of methoxy groups -OCH3 is 1. The third-order valence-electron chi connectivity index (χ3n) is 11.0. The van der Waals surface area contributed by atoms with Crippen molar-refractivity contribution in [2.24, 2.45) is 0 Å². The molecule has 8 heteroatoms. The smallest absolute Gasteiger partial charge is 0.119 e. The summed E-state index contributed by atoms with van der Waals surface area (Å²) < 4.78 is 16.0. The van der Waals surface area contributed by atoms with E-state index in [1.807, 2.05) is 68.4 Å². The van der Waals surface area contributed by atoms with Gasteiger partial charge < -0.3 is 23.3 Å². The van der Waals surface area contributed by atoms with Crippen LogP contribution in [0.2, 0.25) is 0 Å². The van der Waals surface area contributed by atoms with E-state index in [4.69, 9.17) is 14.5 Å². The second kappa shape index (κ2) is 16.4. The van der Waals surface area contributed by atoms with Crippen molar-refractivity contribution >= 4 is 54.5 Å². The van der Waals surface area contributed by atoms with Crippen LogP contribution in [0.15, 0.2) is 109 Å². The fraction of sp³-hybridized carbons (Fsp3) is 0.196. The average molecular weight is 954 g/mol. The maximum Gasteiger partial charge on any atom is 0.119 e. The van der Waals surface area contributed by atoms with Crippen LogP contribution in [0.4, 0.5) is 0 Å². The third-order valence-corrected chi connectivity index (χ3v) is 11.0. The zero-order valence-electron chi connectivity index (χ0n) is 34.3. The molecule has 59 heavy (non-hydrogen) atoms. The van der Waals surface area contributed by atoms with Crippen molar-refractivity contribution in [1.29, 1.82) is 0 Å². The van der Waals surface area contributed by atoms with Crippen LogP contribution >= 0.6 is 0 Å². The number of hydrogen-bond acceptors (Lipinski definition) is 5. The zero-order valence-corrected chi connectivity index (χ0v) is 36.5. The number of pyridine rings is 4. The van der Waals surface area contributed by atoms with Crippen molar-refractivity contribution < 1.29 is 30.5 Å². The van der Waals surface area contributed by atoms with Gasteiger partial charge in [-0.15, -0.1) is 58.3 Å². The zero-order chi connectivity index (χ0) is 40.1. The van der Waals surface area contributed by atoms with Gasteiger partial charge in [0.2, 0.25) is 0 Å². The van der Waals surface area contributed by atoms with Crippen LogP contribution in [-0.4, -0.2) is 43.6 Å². The standard InChI is InChI=1S/C27H26N3O2.C24H18N2.Pt/c1-5-19(31-4)16-32-20-13-17(2)26-23(14-20)21-10-6-7-11-22(21)27-29-25(15-30(26)27)24-12-8-9-18(3)28-24;1-15-11-16(2)24-21(12-15)19-8-4-5-9-20(19)23-13-18(14-26(23)24)22-10-6-7-17(3)25-22;/h6-10,12-15,19H,5,16H2,1-4H3;4-8,10-12,14H,1-3H3;/q-1;-2;. The molecule has 6 aromatic heterocycles. The summed E-state index contributed by atoms with van der Waals surface area (Å²) in [7, 11) is 1.73. The molecule has 0 aliphatic rings. The summed E-state index contributed by atoms with van der Waals surface area (Å²) in [6.45, 7) is 13.1. The number of nitrogens with zero attached hydrogens (tertiary/aromatic N) is 5. The molecular weight excluding hydrogens is 910 g/mol. The molecular formula is C51H44N5O2Pt-3. The SMILES string of the molecule is CCC(COc1cc(C)c2c(c1)c1ccc[c-]c1c1nc(-c3cccc(C)n3)cn12)OC.Cc1cc(C)c2c(c1)c1ccc[c-]c1c1[c-]c(-c3cccc(C)n3)cn12.[Pt]. The number of benzene rings is 4. The molecule has 10 aromatic rings. The van der Waals surface area contributed by atoms with Gasteiger partial charge >= 0.3 is 0 Å². The van der Waals surface area contributed by atoms with Crippen LogP contribution in [0, 0.1) is 52.8 Å². The first-order valence-corrected chi connectivity index (χ1v) is 19.8. The summed E-state index contributed by atoms with van der Waals surface area (Å²) in [5, 5.41) is 6.79. The van der Waals surface area contributed by atoms with Gasteiger partial charge in [0.05, 0.1) is 23.1 Å². The Kier molecular flexibility index (Phi) is 11.1. The molecule has 0 saturated carbocycles. The Balaban J connectivity index is 0.000000164. The summed E-state index contributed by atoms with van der Waals surface area (Å²) >= 11 is 0. The quantitative estimate of drug-likeness (QED) is 0.118. The van der Waals surface area contributed by atoms with Gasteiger partial charge in [0.1, 0.15) is 12.4 Å². The van der Waals surface area contributed by atoms with Crippen molar-refractivity contribution in [1.82, 2.24) is 23.8 Å². The molecule has 0 N–H and O–H groups in total. The number of rotatable bonds is 7. The fourth-order valence-electron chi connectivity index (χ4n) is 8.22. The van der Waals surface area contributed by atoms with E-state index < -0.39 is 0 Å². The van der Waals surface area contributed by atoms with E-state index in [0.717, 1.165) is 90.0 Å². The molecule has 1 unspecified atom stereocenters. The second-order valence-corrected chi connectivity index (χ2v) is 15.1. The van der Waals surface area contributed by atoms with Crippen molar-refractivity contribution in [3.8, 4) is 28.4 Å². The topological polar surface area (TPSA) is 66.0 Å². The Morgan fingerprint density at radius 2 is 1.29 bits per heavy atom. The van der Waals surface area contributed by atoms with Crippen LogP contribution in [0.25, 0.3) is 77.2 Å². The molecule has 0 aliphatic heterocycles. The maximum absolute atomic E-state index is 6.12. The minimum atomic E-state index is 0. The Hall–Kier alpha value is -5.88. The number of ether oxygens (including phenoxy) is 2. The maximum atomic E-state index is 6.12. The van der Waals surface area contributed by atoms with Crippen LogP contribution in [0.1, 0.15) is 41.4 Å². The largest absolute Gasteiger partial charge is 0.491 e. The Labute approximate surface area is 358 Å². The first-order valence-electron chi connectivity index (χ1n) is 19.8. The molecule has 298 valence electrons. The van der Waals surface area contributed by atoms with Crippen molar-refractivity contribution in [2.75, 3.05) is 13.7 Å². The van der Waals surface area contributed by atoms with Gasteiger partial charge in [-0.2, -0.15) is 23.6 Å². The van der Waals surface area contributed by atoms with E-state index in [1.54, 1.807) is 7.11 Å². The van der Waals surface area contributed by atoms with E-state index in [-0.39, 0.29) is 27.2 Å². The molecule has 0 radical (unpaired) electrons. The summed E-state index contributed by atoms with van der Waals surface area (Å²) in [6, 6.07) is 43.5. The summed E-state index contributed by atoms with van der Waals surface area (Å²) in [4.78, 5) is 14.3. The van der Waals surface area contributed by atoms with Crippen LogP contribution < -0.4 is 4.74 Å². The molecule has 0 bridgehead atoms. The van der Waals surface area contributed by atoms with Gasteiger partial charge in [-0.05, 0) is 99.0 Å². The number of aromatic nitrogens is 5. The summed E-state index contributed by atoms with van der Waals surface area (Å²) in [5.74, 6) is 0.843. The van der Waals surface area contributed by atoms with Gasteiger partial charge in [-0.3, -0.25) is 9.97 Å². The fourth-order valence-corrected chi connectivity index (χ4v) is 8.22. The van der Waals surface area contributed by atoms with E-state index in [1.165, 1.54) is 27.4 Å². The van der Waals surface area contributed by atoms with E-state index >= 15 is 0 Å². The monoisotopic (exact) mass is 953 g/mol. The molecule has 6 heterocycles. The minimum Gasteiger partial charge on any atom is -0.491 e. The van der Waals surface area contributed by atoms with Crippen molar-refractivity contribution in [3.63, 3.8) is 0 Å². The normalized spacial score (nSPS) is 12.0. The predicted molar refractivity (Wildman–Crippen MR) is 236 cm³/mol. The number of imidazole rings is 1. The third kappa shape index (κ3) is 7.39.